The highest BCUT2D eigenvalue weighted by Gasteiger charge is 2.12. The van der Waals surface area contributed by atoms with E-state index in [9.17, 15) is 0 Å². The quantitative estimate of drug-likeness (QED) is 0.560. The molecule has 4 heteroatoms. The van der Waals surface area contributed by atoms with Crippen LogP contribution in [0.25, 0.3) is 0 Å². The van der Waals surface area contributed by atoms with Crippen LogP contribution in [-0.4, -0.2) is 13.7 Å². The van der Waals surface area contributed by atoms with E-state index >= 15 is 0 Å². The van der Waals surface area contributed by atoms with Gasteiger partial charge in [-0.1, -0.05) is 0 Å². The van der Waals surface area contributed by atoms with Gasteiger partial charge in [-0.2, -0.15) is 0 Å². The summed E-state index contributed by atoms with van der Waals surface area (Å²) in [6, 6.07) is 2.33. The van der Waals surface area contributed by atoms with E-state index in [2.05, 4.69) is 23.8 Å². The van der Waals surface area contributed by atoms with Crippen molar-refractivity contribution in [1.82, 2.24) is 5.43 Å². The third-order valence-corrected chi connectivity index (χ3v) is 3.16. The van der Waals surface area contributed by atoms with Gasteiger partial charge in [-0.3, -0.25) is 11.3 Å². The molecule has 0 bridgehead atoms. The standard InChI is InChI=1S/C9H16N2OS/c1-7-4-6-13-9(7)8(11-10)3-5-12-2/h4,6,8,11H,3,5,10H2,1-2H3. The van der Waals surface area contributed by atoms with E-state index in [0.717, 1.165) is 13.0 Å². The van der Waals surface area contributed by atoms with E-state index in [1.54, 1.807) is 18.4 Å². The molecule has 3 nitrogen and oxygen atoms in total. The zero-order valence-electron chi connectivity index (χ0n) is 8.04. The Labute approximate surface area is 82.9 Å². The first-order valence-corrected chi connectivity index (χ1v) is 5.16. The Bertz CT molecular complexity index is 250. The lowest BCUT2D eigenvalue weighted by atomic mass is 10.1. The zero-order valence-corrected chi connectivity index (χ0v) is 8.86. The van der Waals surface area contributed by atoms with Crippen LogP contribution in [0, 0.1) is 6.92 Å². The van der Waals surface area contributed by atoms with Crippen LogP contribution in [0.15, 0.2) is 11.4 Å². The fraction of sp³-hybridized carbons (Fsp3) is 0.556. The summed E-state index contributed by atoms with van der Waals surface area (Å²) in [6.07, 6.45) is 0.911. The van der Waals surface area contributed by atoms with Gasteiger partial charge in [-0.25, -0.2) is 0 Å². The van der Waals surface area contributed by atoms with E-state index in [1.165, 1.54) is 10.4 Å². The van der Waals surface area contributed by atoms with Gasteiger partial charge in [-0.15, -0.1) is 11.3 Å². The van der Waals surface area contributed by atoms with Crippen LogP contribution in [0.2, 0.25) is 0 Å². The van der Waals surface area contributed by atoms with Crippen LogP contribution in [-0.2, 0) is 4.74 Å². The van der Waals surface area contributed by atoms with Crippen molar-refractivity contribution in [3.63, 3.8) is 0 Å². The smallest absolute Gasteiger partial charge is 0.0577 e. The first-order valence-electron chi connectivity index (χ1n) is 4.28. The van der Waals surface area contributed by atoms with E-state index in [1.807, 2.05) is 0 Å². The monoisotopic (exact) mass is 200 g/mol. The van der Waals surface area contributed by atoms with Gasteiger partial charge in [0.15, 0.2) is 0 Å². The molecule has 0 fully saturated rings. The molecule has 3 N–H and O–H groups in total. The summed E-state index contributed by atoms with van der Waals surface area (Å²) in [4.78, 5) is 1.31. The Balaban J connectivity index is 2.61. The van der Waals surface area contributed by atoms with Gasteiger partial charge in [0.1, 0.15) is 0 Å². The number of aryl methyl sites for hydroxylation is 1. The number of hydrogen-bond donors (Lipinski definition) is 2. The molecular formula is C9H16N2OS. The third kappa shape index (κ3) is 2.77. The number of rotatable bonds is 5. The van der Waals surface area contributed by atoms with Gasteiger partial charge >= 0.3 is 0 Å². The van der Waals surface area contributed by atoms with Crippen molar-refractivity contribution in [2.45, 2.75) is 19.4 Å². The van der Waals surface area contributed by atoms with Crippen molar-refractivity contribution in [2.75, 3.05) is 13.7 Å². The van der Waals surface area contributed by atoms with E-state index < -0.39 is 0 Å². The highest BCUT2D eigenvalue weighted by atomic mass is 32.1. The van der Waals surface area contributed by atoms with Gasteiger partial charge < -0.3 is 4.74 Å². The predicted molar refractivity (Wildman–Crippen MR) is 55.6 cm³/mol. The average Bonchev–Trinajstić information content (AvgIpc) is 2.54. The molecule has 0 radical (unpaired) electrons. The van der Waals surface area contributed by atoms with Crippen molar-refractivity contribution in [3.05, 3.63) is 21.9 Å². The maximum Gasteiger partial charge on any atom is 0.0577 e. The van der Waals surface area contributed by atoms with E-state index in [-0.39, 0.29) is 6.04 Å². The molecule has 0 amide bonds. The minimum Gasteiger partial charge on any atom is -0.385 e. The van der Waals surface area contributed by atoms with Crippen molar-refractivity contribution in [1.29, 1.82) is 0 Å². The Morgan fingerprint density at radius 1 is 1.69 bits per heavy atom. The number of nitrogens with one attached hydrogen (secondary N) is 1. The summed E-state index contributed by atoms with van der Waals surface area (Å²) < 4.78 is 5.02. The number of hydrogen-bond acceptors (Lipinski definition) is 4. The number of ether oxygens (including phenoxy) is 1. The number of methoxy groups -OCH3 is 1. The fourth-order valence-corrected chi connectivity index (χ4v) is 2.29. The van der Waals surface area contributed by atoms with Crippen molar-refractivity contribution in [2.24, 2.45) is 5.84 Å². The summed E-state index contributed by atoms with van der Waals surface area (Å²) in [5.41, 5.74) is 4.11. The number of nitrogens with two attached hydrogens (primary N) is 1. The maximum atomic E-state index is 5.47. The first-order chi connectivity index (χ1) is 6.29. The van der Waals surface area contributed by atoms with Crippen LogP contribution in [0.4, 0.5) is 0 Å². The van der Waals surface area contributed by atoms with Crippen LogP contribution >= 0.6 is 11.3 Å². The Kier molecular flexibility index (Phi) is 4.38. The van der Waals surface area contributed by atoms with Crippen LogP contribution in [0.5, 0.6) is 0 Å². The molecule has 1 rings (SSSR count). The second-order valence-corrected chi connectivity index (χ2v) is 3.92. The molecule has 0 saturated heterocycles. The molecule has 0 saturated carbocycles. The Morgan fingerprint density at radius 2 is 2.46 bits per heavy atom. The minimum absolute atomic E-state index is 0.222. The molecule has 0 aliphatic heterocycles. The Morgan fingerprint density at radius 3 is 2.92 bits per heavy atom. The van der Waals surface area contributed by atoms with Crippen molar-refractivity contribution < 1.29 is 4.74 Å². The molecule has 74 valence electrons. The average molecular weight is 200 g/mol. The lowest BCUT2D eigenvalue weighted by molar-refractivity contribution is 0.183. The molecule has 1 aromatic heterocycles. The second kappa shape index (κ2) is 5.34. The van der Waals surface area contributed by atoms with Gasteiger partial charge in [0.05, 0.1) is 6.04 Å². The normalized spacial score (nSPS) is 13.2. The molecule has 0 spiro atoms. The van der Waals surface area contributed by atoms with E-state index in [4.69, 9.17) is 10.6 Å². The summed E-state index contributed by atoms with van der Waals surface area (Å²) in [5.74, 6) is 5.47. The molecule has 0 aromatic carbocycles. The lowest BCUT2D eigenvalue weighted by Crippen LogP contribution is -2.28. The Hall–Kier alpha value is -0.420. The summed E-state index contributed by atoms with van der Waals surface area (Å²) in [5, 5.41) is 2.09. The topological polar surface area (TPSA) is 47.3 Å². The zero-order chi connectivity index (χ0) is 9.68. The van der Waals surface area contributed by atoms with Crippen molar-refractivity contribution in [3.8, 4) is 0 Å². The summed E-state index contributed by atoms with van der Waals surface area (Å²) in [7, 11) is 1.70. The highest BCUT2D eigenvalue weighted by Crippen LogP contribution is 2.25. The number of thiophene rings is 1. The van der Waals surface area contributed by atoms with Gasteiger partial charge in [0.2, 0.25) is 0 Å². The molecule has 13 heavy (non-hydrogen) atoms. The molecule has 1 atom stereocenters. The highest BCUT2D eigenvalue weighted by molar-refractivity contribution is 7.10. The predicted octanol–water partition coefficient (Wildman–Crippen LogP) is 1.60. The molecule has 0 aliphatic rings. The van der Waals surface area contributed by atoms with E-state index in [0.29, 0.717) is 0 Å². The first kappa shape index (κ1) is 10.7. The second-order valence-electron chi connectivity index (χ2n) is 2.97. The maximum absolute atomic E-state index is 5.47. The third-order valence-electron chi connectivity index (χ3n) is 2.03. The van der Waals surface area contributed by atoms with Crippen LogP contribution in [0.3, 0.4) is 0 Å². The molecule has 1 heterocycles. The minimum atomic E-state index is 0.222. The van der Waals surface area contributed by atoms with Crippen LogP contribution < -0.4 is 11.3 Å². The molecule has 1 aromatic rings. The number of hydrazine groups is 1. The van der Waals surface area contributed by atoms with Crippen molar-refractivity contribution >= 4 is 11.3 Å². The van der Waals surface area contributed by atoms with Gasteiger partial charge in [0, 0.05) is 18.6 Å². The van der Waals surface area contributed by atoms with Gasteiger partial charge in [-0.05, 0) is 30.4 Å². The SMILES string of the molecule is COCCC(NN)c1sccc1C. The lowest BCUT2D eigenvalue weighted by Gasteiger charge is -2.14. The fourth-order valence-electron chi connectivity index (χ4n) is 1.27. The van der Waals surface area contributed by atoms with Gasteiger partial charge in [0.25, 0.3) is 0 Å². The molecular weight excluding hydrogens is 184 g/mol. The van der Waals surface area contributed by atoms with Crippen LogP contribution in [0.1, 0.15) is 22.9 Å². The summed E-state index contributed by atoms with van der Waals surface area (Å²) >= 11 is 1.73. The largest absolute Gasteiger partial charge is 0.385 e. The molecule has 0 aliphatic carbocycles. The summed E-state index contributed by atoms with van der Waals surface area (Å²) in [6.45, 7) is 2.83. The molecule has 1 unspecified atom stereocenters.